The molecule has 0 spiro atoms. The van der Waals surface area contributed by atoms with Crippen LogP contribution in [0.5, 0.6) is 0 Å². The van der Waals surface area contributed by atoms with Crippen molar-refractivity contribution >= 4 is 5.91 Å². The Bertz CT molecular complexity index is 272. The molecule has 24 heavy (non-hydrogen) atoms. The highest BCUT2D eigenvalue weighted by molar-refractivity contribution is 5.79. The molecule has 0 saturated heterocycles. The zero-order chi connectivity index (χ0) is 17.9. The molecule has 0 aromatic rings. The normalized spacial score (nSPS) is 12.4. The van der Waals surface area contributed by atoms with E-state index in [1.807, 2.05) is 0 Å². The topological polar surface area (TPSA) is 81.1 Å². The van der Waals surface area contributed by atoms with E-state index in [9.17, 15) is 4.79 Å². The summed E-state index contributed by atoms with van der Waals surface area (Å²) in [6.45, 7) is 3.85. The average molecular weight is 342 g/mol. The highest BCUT2D eigenvalue weighted by Gasteiger charge is 2.13. The summed E-state index contributed by atoms with van der Waals surface area (Å²) in [5.74, 6) is -0.231. The Morgan fingerprint density at radius 1 is 0.792 bits per heavy atom. The zero-order valence-electron chi connectivity index (χ0n) is 16.2. The SMILES string of the molecule is CCCCCCCCCCCCCCN[C@@H](CCCCN)C(N)=O. The van der Waals surface area contributed by atoms with Crippen LogP contribution >= 0.6 is 0 Å². The van der Waals surface area contributed by atoms with Gasteiger partial charge in [-0.05, 0) is 32.4 Å². The van der Waals surface area contributed by atoms with Gasteiger partial charge in [-0.3, -0.25) is 4.79 Å². The highest BCUT2D eigenvalue weighted by Crippen LogP contribution is 2.11. The maximum atomic E-state index is 11.4. The fourth-order valence-corrected chi connectivity index (χ4v) is 3.08. The molecule has 0 heterocycles. The van der Waals surface area contributed by atoms with Crippen molar-refractivity contribution in [1.82, 2.24) is 5.32 Å². The molecule has 0 saturated carbocycles. The third kappa shape index (κ3) is 16.3. The van der Waals surface area contributed by atoms with E-state index in [0.717, 1.165) is 32.2 Å². The Kier molecular flexibility index (Phi) is 18.2. The van der Waals surface area contributed by atoms with Crippen molar-refractivity contribution in [2.75, 3.05) is 13.1 Å². The maximum Gasteiger partial charge on any atom is 0.234 e. The van der Waals surface area contributed by atoms with Gasteiger partial charge in [0.25, 0.3) is 0 Å². The molecular formula is C20H43N3O. The van der Waals surface area contributed by atoms with E-state index >= 15 is 0 Å². The zero-order valence-corrected chi connectivity index (χ0v) is 16.2. The van der Waals surface area contributed by atoms with Gasteiger partial charge in [0.05, 0.1) is 6.04 Å². The van der Waals surface area contributed by atoms with Crippen LogP contribution in [-0.4, -0.2) is 25.0 Å². The van der Waals surface area contributed by atoms with Gasteiger partial charge in [0, 0.05) is 0 Å². The molecule has 4 heteroatoms. The number of unbranched alkanes of at least 4 members (excludes halogenated alkanes) is 12. The van der Waals surface area contributed by atoms with E-state index < -0.39 is 0 Å². The number of hydrogen-bond acceptors (Lipinski definition) is 3. The number of carbonyl (C=O) groups excluding carboxylic acids is 1. The fourth-order valence-electron chi connectivity index (χ4n) is 3.08. The van der Waals surface area contributed by atoms with Crippen molar-refractivity contribution < 1.29 is 4.79 Å². The minimum Gasteiger partial charge on any atom is -0.368 e. The van der Waals surface area contributed by atoms with Crippen molar-refractivity contribution in [3.05, 3.63) is 0 Å². The first kappa shape index (κ1) is 23.4. The van der Waals surface area contributed by atoms with Gasteiger partial charge in [0.2, 0.25) is 5.91 Å². The summed E-state index contributed by atoms with van der Waals surface area (Å²) in [5.41, 5.74) is 10.9. The van der Waals surface area contributed by atoms with Crippen LogP contribution in [0.4, 0.5) is 0 Å². The molecule has 0 aromatic heterocycles. The van der Waals surface area contributed by atoms with E-state index in [2.05, 4.69) is 12.2 Å². The van der Waals surface area contributed by atoms with Crippen LogP contribution in [0.15, 0.2) is 0 Å². The smallest absolute Gasteiger partial charge is 0.234 e. The van der Waals surface area contributed by atoms with Gasteiger partial charge in [-0.2, -0.15) is 0 Å². The van der Waals surface area contributed by atoms with Crippen molar-refractivity contribution in [1.29, 1.82) is 0 Å². The molecule has 0 rings (SSSR count). The summed E-state index contributed by atoms with van der Waals surface area (Å²) in [6, 6.07) is -0.177. The monoisotopic (exact) mass is 341 g/mol. The van der Waals surface area contributed by atoms with Crippen molar-refractivity contribution in [2.24, 2.45) is 11.5 Å². The lowest BCUT2D eigenvalue weighted by molar-refractivity contribution is -0.120. The van der Waals surface area contributed by atoms with E-state index in [1.54, 1.807) is 0 Å². The number of nitrogens with one attached hydrogen (secondary N) is 1. The molecule has 4 nitrogen and oxygen atoms in total. The molecule has 1 atom stereocenters. The number of rotatable bonds is 19. The lowest BCUT2D eigenvalue weighted by Crippen LogP contribution is -2.41. The summed E-state index contributed by atoms with van der Waals surface area (Å²) >= 11 is 0. The summed E-state index contributed by atoms with van der Waals surface area (Å²) in [4.78, 5) is 11.4. The lowest BCUT2D eigenvalue weighted by atomic mass is 10.0. The van der Waals surface area contributed by atoms with Crippen molar-refractivity contribution in [2.45, 2.75) is 109 Å². The quantitative estimate of drug-likeness (QED) is 0.307. The van der Waals surface area contributed by atoms with Gasteiger partial charge in [0.1, 0.15) is 0 Å². The molecule has 0 aliphatic rings. The summed E-state index contributed by atoms with van der Waals surface area (Å²) in [5, 5.41) is 3.30. The standard InChI is InChI=1S/C20H43N3O/c1-2-3-4-5-6-7-8-9-10-11-12-15-18-23-19(20(22)24)16-13-14-17-21/h19,23H,2-18,21H2,1H3,(H2,22,24)/t19-/m0/s1. The first-order valence-electron chi connectivity index (χ1n) is 10.4. The lowest BCUT2D eigenvalue weighted by Gasteiger charge is -2.15. The molecule has 0 aliphatic carbocycles. The predicted molar refractivity (Wildman–Crippen MR) is 105 cm³/mol. The molecule has 0 bridgehead atoms. The molecule has 0 aromatic carbocycles. The van der Waals surface area contributed by atoms with E-state index in [0.29, 0.717) is 6.54 Å². The molecule has 1 amide bonds. The second kappa shape index (κ2) is 18.7. The average Bonchev–Trinajstić information content (AvgIpc) is 2.57. The number of nitrogens with two attached hydrogens (primary N) is 2. The van der Waals surface area contributed by atoms with Crippen LogP contribution in [-0.2, 0) is 4.79 Å². The van der Waals surface area contributed by atoms with Crippen LogP contribution in [0, 0.1) is 0 Å². The minimum absolute atomic E-state index is 0.177. The van der Waals surface area contributed by atoms with E-state index in [-0.39, 0.29) is 11.9 Å². The van der Waals surface area contributed by atoms with Gasteiger partial charge in [-0.25, -0.2) is 0 Å². The molecule has 0 unspecified atom stereocenters. The van der Waals surface area contributed by atoms with E-state index in [4.69, 9.17) is 11.5 Å². The third-order valence-corrected chi connectivity index (χ3v) is 4.71. The maximum absolute atomic E-state index is 11.4. The Labute approximate surface area is 150 Å². The minimum atomic E-state index is -0.231. The van der Waals surface area contributed by atoms with Crippen LogP contribution in [0.3, 0.4) is 0 Å². The van der Waals surface area contributed by atoms with Gasteiger partial charge < -0.3 is 16.8 Å². The number of hydrogen-bond donors (Lipinski definition) is 3. The van der Waals surface area contributed by atoms with Crippen molar-refractivity contribution in [3.8, 4) is 0 Å². The summed E-state index contributed by atoms with van der Waals surface area (Å²) in [6.07, 6.45) is 19.0. The van der Waals surface area contributed by atoms with Gasteiger partial charge >= 0.3 is 0 Å². The number of primary amides is 1. The molecule has 0 fully saturated rings. The molecular weight excluding hydrogens is 298 g/mol. The van der Waals surface area contributed by atoms with Gasteiger partial charge in [-0.1, -0.05) is 84.0 Å². The van der Waals surface area contributed by atoms with Crippen LogP contribution in [0.1, 0.15) is 103 Å². The second-order valence-corrected chi connectivity index (χ2v) is 7.08. The number of carbonyl (C=O) groups is 1. The molecule has 0 radical (unpaired) electrons. The summed E-state index contributed by atoms with van der Waals surface area (Å²) < 4.78 is 0. The highest BCUT2D eigenvalue weighted by atomic mass is 16.1. The Hall–Kier alpha value is -0.610. The molecule has 144 valence electrons. The Morgan fingerprint density at radius 3 is 1.75 bits per heavy atom. The van der Waals surface area contributed by atoms with Gasteiger partial charge in [0.15, 0.2) is 0 Å². The fraction of sp³-hybridized carbons (Fsp3) is 0.950. The van der Waals surface area contributed by atoms with Crippen molar-refractivity contribution in [3.63, 3.8) is 0 Å². The second-order valence-electron chi connectivity index (χ2n) is 7.08. The molecule has 0 aliphatic heterocycles. The van der Waals surface area contributed by atoms with Crippen LogP contribution < -0.4 is 16.8 Å². The molecule has 5 N–H and O–H groups in total. The Morgan fingerprint density at radius 2 is 1.29 bits per heavy atom. The predicted octanol–water partition coefficient (Wildman–Crippen LogP) is 4.26. The van der Waals surface area contributed by atoms with Gasteiger partial charge in [-0.15, -0.1) is 0 Å². The third-order valence-electron chi connectivity index (χ3n) is 4.71. The van der Waals surface area contributed by atoms with Crippen LogP contribution in [0.2, 0.25) is 0 Å². The number of amides is 1. The first-order valence-corrected chi connectivity index (χ1v) is 10.4. The summed E-state index contributed by atoms with van der Waals surface area (Å²) in [7, 11) is 0. The van der Waals surface area contributed by atoms with E-state index in [1.165, 1.54) is 70.6 Å². The largest absolute Gasteiger partial charge is 0.368 e. The van der Waals surface area contributed by atoms with Crippen LogP contribution in [0.25, 0.3) is 0 Å². The Balaban J connectivity index is 3.32. The first-order chi connectivity index (χ1) is 11.7.